The fourth-order valence-electron chi connectivity index (χ4n) is 2.05. The van der Waals surface area contributed by atoms with Gasteiger partial charge < -0.3 is 0 Å². The number of rotatable bonds is 3. The van der Waals surface area contributed by atoms with E-state index in [4.69, 9.17) is 0 Å². The minimum Gasteiger partial charge on any atom is -0.267 e. The molecule has 0 fully saturated rings. The fraction of sp³-hybridized carbons (Fsp3) is 0. The molecule has 3 rings (SSSR count). The highest BCUT2D eigenvalue weighted by atomic mass is 16.2. The number of amides is 1. The van der Waals surface area contributed by atoms with E-state index in [9.17, 15) is 4.79 Å². The van der Waals surface area contributed by atoms with Crippen LogP contribution in [0.25, 0.3) is 10.8 Å². The molecule has 1 amide bonds. The van der Waals surface area contributed by atoms with Crippen LogP contribution in [-0.2, 0) is 0 Å². The summed E-state index contributed by atoms with van der Waals surface area (Å²) in [5, 5.41) is 6.07. The molecule has 0 bridgehead atoms. The lowest BCUT2D eigenvalue weighted by Gasteiger charge is -2.01. The van der Waals surface area contributed by atoms with Gasteiger partial charge in [-0.05, 0) is 23.6 Å². The second-order valence-corrected chi connectivity index (χ2v) is 4.48. The molecule has 0 aliphatic heterocycles. The van der Waals surface area contributed by atoms with Gasteiger partial charge in [-0.25, -0.2) is 5.43 Å². The normalized spacial score (nSPS) is 10.9. The number of fused-ring (bicyclic) bond motifs is 1. The lowest BCUT2D eigenvalue weighted by atomic mass is 10.1. The first-order valence-corrected chi connectivity index (χ1v) is 6.57. The predicted molar refractivity (Wildman–Crippen MR) is 83.2 cm³/mol. The molecule has 0 saturated carbocycles. The van der Waals surface area contributed by atoms with E-state index < -0.39 is 0 Å². The number of benzene rings is 2. The zero-order valence-electron chi connectivity index (χ0n) is 11.2. The van der Waals surface area contributed by atoms with Crippen molar-refractivity contribution in [2.75, 3.05) is 0 Å². The highest BCUT2D eigenvalue weighted by Gasteiger charge is 2.02. The third kappa shape index (κ3) is 2.95. The van der Waals surface area contributed by atoms with E-state index in [2.05, 4.69) is 15.5 Å². The standard InChI is InChI=1S/C17H13N3O/c21-17(14-7-2-1-3-8-14)20-19-12-16-15-9-5-4-6-13(15)10-11-18-16/h1-12H,(H,20,21)/b19-12+. The first-order valence-electron chi connectivity index (χ1n) is 6.57. The van der Waals surface area contributed by atoms with Crippen molar-refractivity contribution in [2.45, 2.75) is 0 Å². The summed E-state index contributed by atoms with van der Waals surface area (Å²) in [7, 11) is 0. The van der Waals surface area contributed by atoms with E-state index in [1.54, 1.807) is 24.5 Å². The molecule has 2 aromatic carbocycles. The van der Waals surface area contributed by atoms with E-state index in [1.165, 1.54) is 0 Å². The largest absolute Gasteiger partial charge is 0.271 e. The van der Waals surface area contributed by atoms with Crippen LogP contribution in [-0.4, -0.2) is 17.1 Å². The van der Waals surface area contributed by atoms with Gasteiger partial charge in [0.1, 0.15) is 0 Å². The Morgan fingerprint density at radius 2 is 1.76 bits per heavy atom. The number of hydrogen-bond acceptors (Lipinski definition) is 3. The topological polar surface area (TPSA) is 54.4 Å². The molecule has 0 saturated heterocycles. The zero-order valence-corrected chi connectivity index (χ0v) is 11.2. The summed E-state index contributed by atoms with van der Waals surface area (Å²) in [6.07, 6.45) is 3.28. The van der Waals surface area contributed by atoms with Gasteiger partial charge in [0, 0.05) is 17.1 Å². The molecule has 0 unspecified atom stereocenters. The highest BCUT2D eigenvalue weighted by Crippen LogP contribution is 2.14. The molecular weight excluding hydrogens is 262 g/mol. The average molecular weight is 275 g/mol. The average Bonchev–Trinajstić information content (AvgIpc) is 2.56. The summed E-state index contributed by atoms with van der Waals surface area (Å²) in [6, 6.07) is 18.8. The molecule has 0 aliphatic carbocycles. The van der Waals surface area contributed by atoms with Crippen molar-refractivity contribution in [3.8, 4) is 0 Å². The Morgan fingerprint density at radius 3 is 2.62 bits per heavy atom. The van der Waals surface area contributed by atoms with Gasteiger partial charge in [-0.3, -0.25) is 9.78 Å². The second-order valence-electron chi connectivity index (χ2n) is 4.48. The molecule has 4 heteroatoms. The maximum Gasteiger partial charge on any atom is 0.271 e. The van der Waals surface area contributed by atoms with Gasteiger partial charge >= 0.3 is 0 Å². The van der Waals surface area contributed by atoms with E-state index in [0.29, 0.717) is 5.56 Å². The summed E-state index contributed by atoms with van der Waals surface area (Å²) < 4.78 is 0. The maximum absolute atomic E-state index is 11.9. The van der Waals surface area contributed by atoms with Crippen molar-refractivity contribution < 1.29 is 4.79 Å². The van der Waals surface area contributed by atoms with Gasteiger partial charge in [-0.2, -0.15) is 5.10 Å². The number of nitrogens with zero attached hydrogens (tertiary/aromatic N) is 2. The second kappa shape index (κ2) is 5.96. The number of carbonyl (C=O) groups excluding carboxylic acids is 1. The van der Waals surface area contributed by atoms with E-state index in [1.807, 2.05) is 48.5 Å². The van der Waals surface area contributed by atoms with Gasteiger partial charge in [0.05, 0.1) is 11.9 Å². The lowest BCUT2D eigenvalue weighted by molar-refractivity contribution is 0.0955. The van der Waals surface area contributed by atoms with Gasteiger partial charge in [-0.15, -0.1) is 0 Å². The van der Waals surface area contributed by atoms with Crippen LogP contribution in [0.1, 0.15) is 16.1 Å². The molecule has 1 N–H and O–H groups in total. The summed E-state index contributed by atoms with van der Waals surface area (Å²) in [5.74, 6) is -0.243. The zero-order chi connectivity index (χ0) is 14.5. The Bertz CT molecular complexity index is 792. The van der Waals surface area contributed by atoms with E-state index >= 15 is 0 Å². The summed E-state index contributed by atoms with van der Waals surface area (Å²) in [4.78, 5) is 16.1. The van der Waals surface area contributed by atoms with Crippen LogP contribution in [0.5, 0.6) is 0 Å². The Labute approximate surface area is 122 Å². The maximum atomic E-state index is 11.9. The number of carbonyl (C=O) groups is 1. The van der Waals surface area contributed by atoms with Gasteiger partial charge in [0.2, 0.25) is 0 Å². The van der Waals surface area contributed by atoms with Crippen molar-refractivity contribution in [2.24, 2.45) is 5.10 Å². The Hall–Kier alpha value is -3.01. The van der Waals surface area contributed by atoms with E-state index in [-0.39, 0.29) is 5.91 Å². The SMILES string of the molecule is O=C(N/N=C/c1nccc2ccccc12)c1ccccc1. The molecule has 0 atom stereocenters. The molecule has 1 aromatic heterocycles. The molecule has 0 spiro atoms. The number of pyridine rings is 1. The van der Waals surface area contributed by atoms with Crippen molar-refractivity contribution in [3.05, 3.63) is 78.1 Å². The molecule has 4 nitrogen and oxygen atoms in total. The molecule has 102 valence electrons. The molecule has 0 aliphatic rings. The third-order valence-electron chi connectivity index (χ3n) is 3.09. The molecule has 1 heterocycles. The van der Waals surface area contributed by atoms with Crippen LogP contribution in [0.15, 0.2) is 72.0 Å². The van der Waals surface area contributed by atoms with Gasteiger partial charge in [0.15, 0.2) is 0 Å². The summed E-state index contributed by atoms with van der Waals surface area (Å²) >= 11 is 0. The Morgan fingerprint density at radius 1 is 1.00 bits per heavy atom. The van der Waals surface area contributed by atoms with Gasteiger partial charge in [0.25, 0.3) is 5.91 Å². The van der Waals surface area contributed by atoms with Crippen LogP contribution >= 0.6 is 0 Å². The fourth-order valence-corrected chi connectivity index (χ4v) is 2.05. The van der Waals surface area contributed by atoms with E-state index in [0.717, 1.165) is 16.5 Å². The minimum atomic E-state index is -0.243. The van der Waals surface area contributed by atoms with Crippen LogP contribution in [0.4, 0.5) is 0 Å². The minimum absolute atomic E-state index is 0.243. The first-order chi connectivity index (χ1) is 10.3. The molecule has 21 heavy (non-hydrogen) atoms. The number of aromatic nitrogens is 1. The molecular formula is C17H13N3O. The number of hydrogen-bond donors (Lipinski definition) is 1. The molecule has 3 aromatic rings. The number of hydrazone groups is 1. The summed E-state index contributed by atoms with van der Waals surface area (Å²) in [6.45, 7) is 0. The highest BCUT2D eigenvalue weighted by molar-refractivity contribution is 5.99. The smallest absolute Gasteiger partial charge is 0.267 e. The Kier molecular flexibility index (Phi) is 3.69. The Balaban J connectivity index is 1.78. The monoisotopic (exact) mass is 275 g/mol. The lowest BCUT2D eigenvalue weighted by Crippen LogP contribution is -2.17. The van der Waals surface area contributed by atoms with Crippen molar-refractivity contribution in [1.82, 2.24) is 10.4 Å². The van der Waals surface area contributed by atoms with Crippen molar-refractivity contribution in [3.63, 3.8) is 0 Å². The van der Waals surface area contributed by atoms with Crippen LogP contribution in [0.2, 0.25) is 0 Å². The van der Waals surface area contributed by atoms with Gasteiger partial charge in [-0.1, -0.05) is 42.5 Å². The number of nitrogens with one attached hydrogen (secondary N) is 1. The predicted octanol–water partition coefficient (Wildman–Crippen LogP) is 3.00. The van der Waals surface area contributed by atoms with Crippen LogP contribution in [0.3, 0.4) is 0 Å². The molecule has 0 radical (unpaired) electrons. The summed E-state index contributed by atoms with van der Waals surface area (Å²) in [5.41, 5.74) is 3.80. The van der Waals surface area contributed by atoms with Crippen molar-refractivity contribution in [1.29, 1.82) is 0 Å². The van der Waals surface area contributed by atoms with Crippen molar-refractivity contribution >= 4 is 22.9 Å². The first kappa shape index (κ1) is 13.0. The quantitative estimate of drug-likeness (QED) is 0.590. The van der Waals surface area contributed by atoms with Crippen LogP contribution in [0, 0.1) is 0 Å². The third-order valence-corrected chi connectivity index (χ3v) is 3.09. The van der Waals surface area contributed by atoms with Crippen LogP contribution < -0.4 is 5.43 Å².